The summed E-state index contributed by atoms with van der Waals surface area (Å²) in [5, 5.41) is 0. The van der Waals surface area contributed by atoms with E-state index in [1.165, 1.54) is 6.42 Å². The summed E-state index contributed by atoms with van der Waals surface area (Å²) in [4.78, 5) is 13.3. The maximum atomic E-state index is 5.71. The van der Waals surface area contributed by atoms with E-state index >= 15 is 0 Å². The van der Waals surface area contributed by atoms with E-state index in [-0.39, 0.29) is 0 Å². The molecule has 1 saturated heterocycles. The van der Waals surface area contributed by atoms with E-state index in [1.54, 1.807) is 0 Å². The van der Waals surface area contributed by atoms with Gasteiger partial charge in [0.25, 0.3) is 0 Å². The molecular weight excluding hydrogens is 226 g/mol. The summed E-state index contributed by atoms with van der Waals surface area (Å²) in [5.74, 6) is 1.34. The summed E-state index contributed by atoms with van der Waals surface area (Å²) in [6.07, 6.45) is 1.20. The Hall–Kier alpha value is -1.36. The van der Waals surface area contributed by atoms with E-state index in [1.807, 2.05) is 13.0 Å². The van der Waals surface area contributed by atoms with Crippen LogP contribution in [-0.4, -0.2) is 47.1 Å². The molecule has 5 heteroatoms. The van der Waals surface area contributed by atoms with Gasteiger partial charge in [0.05, 0.1) is 0 Å². The van der Waals surface area contributed by atoms with E-state index in [0.29, 0.717) is 12.0 Å². The molecule has 18 heavy (non-hydrogen) atoms. The van der Waals surface area contributed by atoms with Gasteiger partial charge < -0.3 is 10.6 Å². The molecule has 1 atom stereocenters. The number of likely N-dealkylation sites (N-methyl/N-ethyl adjacent to an activating group) is 1. The third-order valence-electron chi connectivity index (χ3n) is 3.67. The zero-order valence-corrected chi connectivity index (χ0v) is 11.6. The molecule has 1 aromatic heterocycles. The van der Waals surface area contributed by atoms with Crippen LogP contribution < -0.4 is 10.6 Å². The molecule has 1 aliphatic rings. The van der Waals surface area contributed by atoms with Crippen LogP contribution in [0.15, 0.2) is 6.07 Å². The lowest BCUT2D eigenvalue weighted by Crippen LogP contribution is -2.37. The Morgan fingerprint density at radius 2 is 2.11 bits per heavy atom. The molecule has 0 aliphatic carbocycles. The lowest BCUT2D eigenvalue weighted by Gasteiger charge is -2.26. The normalized spacial score (nSPS) is 19.8. The van der Waals surface area contributed by atoms with Gasteiger partial charge in [-0.1, -0.05) is 13.8 Å². The first-order valence-electron chi connectivity index (χ1n) is 6.74. The topological polar surface area (TPSA) is 58.3 Å². The fourth-order valence-corrected chi connectivity index (χ4v) is 2.72. The molecule has 0 spiro atoms. The summed E-state index contributed by atoms with van der Waals surface area (Å²) in [6, 6.07) is 2.65. The first kappa shape index (κ1) is 13.1. The molecule has 0 radical (unpaired) electrons. The summed E-state index contributed by atoms with van der Waals surface area (Å²) < 4.78 is 0. The standard InChI is InChI=1S/C13H23N5/c1-4-17(5-2)11-6-7-18(9-11)12-8-10(3)15-13(14)16-12/h8,11H,4-7,9H2,1-3H3,(H2,14,15,16)/t11-/m0/s1. The maximum Gasteiger partial charge on any atom is 0.222 e. The van der Waals surface area contributed by atoms with Gasteiger partial charge in [-0.2, -0.15) is 4.98 Å². The van der Waals surface area contributed by atoms with Gasteiger partial charge in [-0.05, 0) is 26.4 Å². The highest BCUT2D eigenvalue weighted by molar-refractivity contribution is 5.44. The minimum absolute atomic E-state index is 0.372. The van der Waals surface area contributed by atoms with Crippen LogP contribution in [0.1, 0.15) is 26.0 Å². The van der Waals surface area contributed by atoms with Gasteiger partial charge in [0.15, 0.2) is 0 Å². The van der Waals surface area contributed by atoms with Crippen LogP contribution in [0, 0.1) is 6.92 Å². The van der Waals surface area contributed by atoms with Crippen LogP contribution in [-0.2, 0) is 0 Å². The smallest absolute Gasteiger partial charge is 0.222 e. The number of anilines is 2. The van der Waals surface area contributed by atoms with Crippen LogP contribution in [0.2, 0.25) is 0 Å². The van der Waals surface area contributed by atoms with Gasteiger partial charge in [-0.15, -0.1) is 0 Å². The Morgan fingerprint density at radius 3 is 2.72 bits per heavy atom. The van der Waals surface area contributed by atoms with Gasteiger partial charge in [-0.3, -0.25) is 4.90 Å². The molecular formula is C13H23N5. The Labute approximate surface area is 109 Å². The van der Waals surface area contributed by atoms with E-state index in [2.05, 4.69) is 33.6 Å². The maximum absolute atomic E-state index is 5.71. The molecule has 0 amide bonds. The second kappa shape index (κ2) is 5.52. The first-order chi connectivity index (χ1) is 8.63. The second-order valence-electron chi connectivity index (χ2n) is 4.84. The SMILES string of the molecule is CCN(CC)[C@H]1CCN(c2cc(C)nc(N)n2)C1. The van der Waals surface area contributed by atoms with Gasteiger partial charge in [-0.25, -0.2) is 4.98 Å². The number of nitrogen functional groups attached to an aromatic ring is 1. The van der Waals surface area contributed by atoms with E-state index in [9.17, 15) is 0 Å². The number of nitrogens with zero attached hydrogens (tertiary/aromatic N) is 4. The molecule has 1 aromatic rings. The number of hydrogen-bond acceptors (Lipinski definition) is 5. The summed E-state index contributed by atoms with van der Waals surface area (Å²) in [7, 11) is 0. The van der Waals surface area contributed by atoms with Crippen molar-refractivity contribution in [1.82, 2.24) is 14.9 Å². The lowest BCUT2D eigenvalue weighted by atomic mass is 10.2. The average Bonchev–Trinajstić information content (AvgIpc) is 2.79. The number of hydrogen-bond donors (Lipinski definition) is 1. The zero-order chi connectivity index (χ0) is 13.1. The van der Waals surface area contributed by atoms with E-state index in [4.69, 9.17) is 5.73 Å². The van der Waals surface area contributed by atoms with Crippen LogP contribution >= 0.6 is 0 Å². The van der Waals surface area contributed by atoms with Crippen LogP contribution in [0.4, 0.5) is 11.8 Å². The monoisotopic (exact) mass is 249 g/mol. The number of aromatic nitrogens is 2. The van der Waals surface area contributed by atoms with Crippen molar-refractivity contribution in [1.29, 1.82) is 0 Å². The van der Waals surface area contributed by atoms with Crippen molar-refractivity contribution in [2.75, 3.05) is 36.8 Å². The molecule has 0 unspecified atom stereocenters. The average molecular weight is 249 g/mol. The third-order valence-corrected chi connectivity index (χ3v) is 3.67. The molecule has 5 nitrogen and oxygen atoms in total. The summed E-state index contributed by atoms with van der Waals surface area (Å²) >= 11 is 0. The Morgan fingerprint density at radius 1 is 1.39 bits per heavy atom. The highest BCUT2D eigenvalue weighted by Crippen LogP contribution is 2.22. The second-order valence-corrected chi connectivity index (χ2v) is 4.84. The number of rotatable bonds is 4. The highest BCUT2D eigenvalue weighted by Gasteiger charge is 2.27. The minimum Gasteiger partial charge on any atom is -0.368 e. The quantitative estimate of drug-likeness (QED) is 0.871. The van der Waals surface area contributed by atoms with Gasteiger partial charge in [0.1, 0.15) is 5.82 Å². The number of nitrogens with two attached hydrogens (primary N) is 1. The van der Waals surface area contributed by atoms with Crippen molar-refractivity contribution in [2.45, 2.75) is 33.2 Å². The predicted molar refractivity (Wildman–Crippen MR) is 74.7 cm³/mol. The highest BCUT2D eigenvalue weighted by atomic mass is 15.3. The molecule has 2 rings (SSSR count). The van der Waals surface area contributed by atoms with Crippen molar-refractivity contribution in [2.24, 2.45) is 0 Å². The van der Waals surface area contributed by atoms with Gasteiger partial charge >= 0.3 is 0 Å². The Balaban J connectivity index is 2.08. The third kappa shape index (κ3) is 2.72. The molecule has 1 fully saturated rings. The minimum atomic E-state index is 0.372. The first-order valence-corrected chi connectivity index (χ1v) is 6.74. The summed E-state index contributed by atoms with van der Waals surface area (Å²) in [6.45, 7) is 10.7. The van der Waals surface area contributed by atoms with Crippen molar-refractivity contribution in [3.63, 3.8) is 0 Å². The van der Waals surface area contributed by atoms with Crippen molar-refractivity contribution >= 4 is 11.8 Å². The number of aryl methyl sites for hydroxylation is 1. The molecule has 2 N–H and O–H groups in total. The molecule has 0 saturated carbocycles. The molecule has 100 valence electrons. The lowest BCUT2D eigenvalue weighted by molar-refractivity contribution is 0.232. The van der Waals surface area contributed by atoms with Crippen LogP contribution in [0.25, 0.3) is 0 Å². The predicted octanol–water partition coefficient (Wildman–Crippen LogP) is 1.29. The summed E-state index contributed by atoms with van der Waals surface area (Å²) in [5.41, 5.74) is 6.65. The van der Waals surface area contributed by atoms with Crippen LogP contribution in [0.3, 0.4) is 0 Å². The van der Waals surface area contributed by atoms with E-state index < -0.39 is 0 Å². The largest absolute Gasteiger partial charge is 0.368 e. The molecule has 0 bridgehead atoms. The van der Waals surface area contributed by atoms with Gasteiger partial charge in [0.2, 0.25) is 5.95 Å². The van der Waals surface area contributed by atoms with Crippen molar-refractivity contribution in [3.05, 3.63) is 11.8 Å². The fourth-order valence-electron chi connectivity index (χ4n) is 2.72. The molecule has 2 heterocycles. The van der Waals surface area contributed by atoms with Crippen molar-refractivity contribution < 1.29 is 0 Å². The van der Waals surface area contributed by atoms with Crippen LogP contribution in [0.5, 0.6) is 0 Å². The van der Waals surface area contributed by atoms with E-state index in [0.717, 1.165) is 37.7 Å². The molecule has 0 aromatic carbocycles. The molecule has 1 aliphatic heterocycles. The van der Waals surface area contributed by atoms with Crippen molar-refractivity contribution in [3.8, 4) is 0 Å². The zero-order valence-electron chi connectivity index (χ0n) is 11.6. The fraction of sp³-hybridized carbons (Fsp3) is 0.692. The van der Waals surface area contributed by atoms with Gasteiger partial charge in [0, 0.05) is 30.9 Å². The Kier molecular flexibility index (Phi) is 4.01. The Bertz CT molecular complexity index is 382.